The van der Waals surface area contributed by atoms with Gasteiger partial charge in [-0.1, -0.05) is 0 Å². The second-order valence-corrected chi connectivity index (χ2v) is 2.69. The van der Waals surface area contributed by atoms with Gasteiger partial charge in [0.05, 0.1) is 5.41 Å². The third-order valence-electron chi connectivity index (χ3n) is 1.25. The highest BCUT2D eigenvalue weighted by Crippen LogP contribution is 2.14. The molecule has 0 aromatic rings. The average molecular weight is 139 g/mol. The van der Waals surface area contributed by atoms with Crippen LogP contribution < -0.4 is 5.73 Å². The van der Waals surface area contributed by atoms with Crippen molar-refractivity contribution in [2.75, 3.05) is 0 Å². The number of carbonyl (C=O) groups excluding carboxylic acids is 1. The molecule has 0 aliphatic rings. The zero-order valence-corrected chi connectivity index (χ0v) is 6.64. The van der Waals surface area contributed by atoms with E-state index < -0.39 is 5.41 Å². The summed E-state index contributed by atoms with van der Waals surface area (Å²) < 4.78 is 0. The SMILES string of the molecule is CC=C=CC(C)(C)C(N)=O. The van der Waals surface area contributed by atoms with Crippen LogP contribution in [0.1, 0.15) is 20.8 Å². The molecule has 0 saturated heterocycles. The summed E-state index contributed by atoms with van der Waals surface area (Å²) in [5, 5.41) is 0. The summed E-state index contributed by atoms with van der Waals surface area (Å²) in [4.78, 5) is 10.7. The van der Waals surface area contributed by atoms with E-state index in [4.69, 9.17) is 5.73 Å². The van der Waals surface area contributed by atoms with E-state index in [1.165, 1.54) is 0 Å². The van der Waals surface area contributed by atoms with Crippen molar-refractivity contribution < 1.29 is 4.79 Å². The van der Waals surface area contributed by atoms with Crippen molar-refractivity contribution in [3.05, 3.63) is 17.9 Å². The molecule has 0 aliphatic carbocycles. The highest BCUT2D eigenvalue weighted by atomic mass is 16.1. The Morgan fingerprint density at radius 2 is 2.10 bits per heavy atom. The largest absolute Gasteiger partial charge is 0.369 e. The van der Waals surface area contributed by atoms with E-state index in [1.54, 1.807) is 26.0 Å². The zero-order chi connectivity index (χ0) is 8.20. The van der Waals surface area contributed by atoms with E-state index in [2.05, 4.69) is 5.73 Å². The fourth-order valence-corrected chi connectivity index (χ4v) is 0.363. The summed E-state index contributed by atoms with van der Waals surface area (Å²) in [6.07, 6.45) is 3.40. The first-order valence-corrected chi connectivity index (χ1v) is 3.19. The minimum absolute atomic E-state index is 0.332. The van der Waals surface area contributed by atoms with Gasteiger partial charge < -0.3 is 5.73 Å². The van der Waals surface area contributed by atoms with Gasteiger partial charge in [-0.2, -0.15) is 0 Å². The van der Waals surface area contributed by atoms with E-state index in [9.17, 15) is 4.79 Å². The van der Waals surface area contributed by atoms with E-state index >= 15 is 0 Å². The van der Waals surface area contributed by atoms with Crippen molar-refractivity contribution in [1.29, 1.82) is 0 Å². The molecule has 2 heteroatoms. The van der Waals surface area contributed by atoms with Gasteiger partial charge in [0.1, 0.15) is 0 Å². The van der Waals surface area contributed by atoms with Crippen LogP contribution in [0.5, 0.6) is 0 Å². The minimum Gasteiger partial charge on any atom is -0.369 e. The molecule has 0 spiro atoms. The molecule has 0 unspecified atom stereocenters. The van der Waals surface area contributed by atoms with Crippen molar-refractivity contribution in [1.82, 2.24) is 0 Å². The van der Waals surface area contributed by atoms with Gasteiger partial charge in [-0.05, 0) is 32.9 Å². The molecule has 56 valence electrons. The lowest BCUT2D eigenvalue weighted by molar-refractivity contribution is -0.123. The van der Waals surface area contributed by atoms with E-state index in [0.29, 0.717) is 0 Å². The Hall–Kier alpha value is -1.01. The maximum Gasteiger partial charge on any atom is 0.227 e. The average Bonchev–Trinajstić information content (AvgIpc) is 1.84. The molecular formula is C8H13NO. The summed E-state index contributed by atoms with van der Waals surface area (Å²) in [6.45, 7) is 5.35. The first-order chi connectivity index (χ1) is 4.50. The highest BCUT2D eigenvalue weighted by Gasteiger charge is 2.20. The Balaban J connectivity index is 4.42. The molecule has 1 amide bonds. The van der Waals surface area contributed by atoms with Gasteiger partial charge in [0, 0.05) is 0 Å². The van der Waals surface area contributed by atoms with Crippen LogP contribution in [0, 0.1) is 5.41 Å². The summed E-state index contributed by atoms with van der Waals surface area (Å²) >= 11 is 0. The maximum atomic E-state index is 10.7. The van der Waals surface area contributed by atoms with Crippen molar-refractivity contribution in [3.63, 3.8) is 0 Å². The van der Waals surface area contributed by atoms with Crippen LogP contribution in [0.25, 0.3) is 0 Å². The van der Waals surface area contributed by atoms with Crippen molar-refractivity contribution in [2.45, 2.75) is 20.8 Å². The van der Waals surface area contributed by atoms with Gasteiger partial charge in [-0.3, -0.25) is 4.79 Å². The maximum absolute atomic E-state index is 10.7. The lowest BCUT2D eigenvalue weighted by Crippen LogP contribution is -2.29. The van der Waals surface area contributed by atoms with Gasteiger partial charge in [0.2, 0.25) is 5.91 Å². The Bertz CT molecular complexity index is 185. The molecular weight excluding hydrogens is 126 g/mol. The molecule has 0 fully saturated rings. The quantitative estimate of drug-likeness (QED) is 0.574. The Morgan fingerprint density at radius 1 is 1.60 bits per heavy atom. The number of carbonyl (C=O) groups is 1. The second-order valence-electron chi connectivity index (χ2n) is 2.69. The van der Waals surface area contributed by atoms with Gasteiger partial charge >= 0.3 is 0 Å². The molecule has 0 heterocycles. The Labute approximate surface area is 61.4 Å². The predicted molar refractivity (Wildman–Crippen MR) is 41.3 cm³/mol. The van der Waals surface area contributed by atoms with Crippen LogP contribution in [-0.2, 0) is 4.79 Å². The summed E-state index contributed by atoms with van der Waals surface area (Å²) in [7, 11) is 0. The Kier molecular flexibility index (Phi) is 2.91. The monoisotopic (exact) mass is 139 g/mol. The van der Waals surface area contributed by atoms with Crippen LogP contribution in [-0.4, -0.2) is 5.91 Å². The lowest BCUT2D eigenvalue weighted by Gasteiger charge is -2.12. The lowest BCUT2D eigenvalue weighted by atomic mass is 9.93. The highest BCUT2D eigenvalue weighted by molar-refractivity contribution is 5.81. The standard InChI is InChI=1S/C8H13NO/c1-4-5-6-8(2,3)7(9)10/h4,6H,1-3H3,(H2,9,10). The fourth-order valence-electron chi connectivity index (χ4n) is 0.363. The summed E-state index contributed by atoms with van der Waals surface area (Å²) in [5.41, 5.74) is 7.33. The van der Waals surface area contributed by atoms with Crippen LogP contribution in [0.2, 0.25) is 0 Å². The summed E-state index contributed by atoms with van der Waals surface area (Å²) in [6, 6.07) is 0. The van der Waals surface area contributed by atoms with Gasteiger partial charge in [0.15, 0.2) is 0 Å². The summed E-state index contributed by atoms with van der Waals surface area (Å²) in [5.74, 6) is -0.332. The zero-order valence-electron chi connectivity index (χ0n) is 6.64. The van der Waals surface area contributed by atoms with Crippen molar-refractivity contribution in [2.24, 2.45) is 11.1 Å². The number of hydrogen-bond acceptors (Lipinski definition) is 1. The molecule has 2 nitrogen and oxygen atoms in total. The number of amides is 1. The first kappa shape index (κ1) is 8.99. The molecule has 0 saturated carbocycles. The van der Waals surface area contributed by atoms with Crippen LogP contribution >= 0.6 is 0 Å². The number of hydrogen-bond donors (Lipinski definition) is 1. The molecule has 0 aromatic heterocycles. The molecule has 0 bridgehead atoms. The van der Waals surface area contributed by atoms with E-state index in [0.717, 1.165) is 0 Å². The van der Waals surface area contributed by atoms with Crippen molar-refractivity contribution in [3.8, 4) is 0 Å². The predicted octanol–water partition coefficient (Wildman–Crippen LogP) is 1.23. The number of nitrogens with two attached hydrogens (primary N) is 1. The molecule has 10 heavy (non-hydrogen) atoms. The van der Waals surface area contributed by atoms with Crippen LogP contribution in [0.15, 0.2) is 17.9 Å². The first-order valence-electron chi connectivity index (χ1n) is 3.19. The molecule has 0 atom stereocenters. The molecule has 0 radical (unpaired) electrons. The topological polar surface area (TPSA) is 43.1 Å². The third-order valence-corrected chi connectivity index (χ3v) is 1.25. The fraction of sp³-hybridized carbons (Fsp3) is 0.500. The van der Waals surface area contributed by atoms with Gasteiger partial charge in [0.25, 0.3) is 0 Å². The molecule has 0 rings (SSSR count). The van der Waals surface area contributed by atoms with Crippen LogP contribution in [0.3, 0.4) is 0 Å². The van der Waals surface area contributed by atoms with E-state index in [-0.39, 0.29) is 5.91 Å². The normalized spacial score (nSPS) is 9.90. The molecule has 0 aromatic carbocycles. The third kappa shape index (κ3) is 2.51. The minimum atomic E-state index is -0.577. The molecule has 2 N–H and O–H groups in total. The number of rotatable bonds is 2. The Morgan fingerprint density at radius 3 is 2.40 bits per heavy atom. The second kappa shape index (κ2) is 3.23. The van der Waals surface area contributed by atoms with Gasteiger partial charge in [-0.25, -0.2) is 0 Å². The van der Waals surface area contributed by atoms with E-state index in [1.807, 2.05) is 6.92 Å². The number of primary amides is 1. The van der Waals surface area contributed by atoms with Crippen LogP contribution in [0.4, 0.5) is 0 Å². The molecule has 0 aliphatic heterocycles. The smallest absolute Gasteiger partial charge is 0.227 e. The van der Waals surface area contributed by atoms with Gasteiger partial charge in [-0.15, -0.1) is 5.73 Å². The van der Waals surface area contributed by atoms with Crippen molar-refractivity contribution >= 4 is 5.91 Å².